The molecule has 0 saturated heterocycles. The van der Waals surface area contributed by atoms with E-state index in [-0.39, 0.29) is 5.41 Å². The third-order valence-corrected chi connectivity index (χ3v) is 5.13. The zero-order valence-corrected chi connectivity index (χ0v) is 13.4. The van der Waals surface area contributed by atoms with Crippen molar-refractivity contribution in [2.75, 3.05) is 7.05 Å². The Balaban J connectivity index is 2.09. The summed E-state index contributed by atoms with van der Waals surface area (Å²) in [6, 6.07) is 12.9. The van der Waals surface area contributed by atoms with Crippen molar-refractivity contribution in [1.29, 1.82) is 0 Å². The van der Waals surface area contributed by atoms with E-state index in [4.69, 9.17) is 0 Å². The van der Waals surface area contributed by atoms with Gasteiger partial charge in [-0.25, -0.2) is 0 Å². The Hall–Kier alpha value is -1.93. The van der Waals surface area contributed by atoms with Gasteiger partial charge in [0.1, 0.15) is 7.05 Å². The lowest BCUT2D eigenvalue weighted by atomic mass is 9.76. The molecule has 0 amide bonds. The molecule has 2 heterocycles. The van der Waals surface area contributed by atoms with E-state index in [1.165, 1.54) is 21.8 Å². The van der Waals surface area contributed by atoms with Gasteiger partial charge >= 0.3 is 0 Å². The Morgan fingerprint density at radius 2 is 2.00 bits per heavy atom. The molecule has 21 heavy (non-hydrogen) atoms. The smallest absolute Gasteiger partial charge is 0.198 e. The van der Waals surface area contributed by atoms with Gasteiger partial charge in [-0.2, -0.15) is 4.58 Å². The Bertz CT molecular complexity index is 722. The molecule has 0 spiro atoms. The molecule has 0 fully saturated rings. The largest absolute Gasteiger partial charge is 0.209 e. The van der Waals surface area contributed by atoms with Gasteiger partial charge in [-0.05, 0) is 30.9 Å². The molecule has 1 unspecified atom stereocenters. The number of benzene rings is 1. The fourth-order valence-electron chi connectivity index (χ4n) is 3.22. The summed E-state index contributed by atoms with van der Waals surface area (Å²) in [6.45, 7) is 6.27. The summed E-state index contributed by atoms with van der Waals surface area (Å²) in [5.74, 6) is 0. The molecule has 106 valence electrons. The van der Waals surface area contributed by atoms with Crippen molar-refractivity contribution >= 4 is 28.8 Å². The van der Waals surface area contributed by atoms with Crippen LogP contribution in [0.1, 0.15) is 23.8 Å². The maximum atomic E-state index is 3.96. The minimum atomic E-state index is 0.000846. The Kier molecular flexibility index (Phi) is 3.64. The summed E-state index contributed by atoms with van der Waals surface area (Å²) in [6.07, 6.45) is 7.44. The van der Waals surface area contributed by atoms with Crippen molar-refractivity contribution in [2.24, 2.45) is 0 Å². The van der Waals surface area contributed by atoms with Crippen molar-refractivity contribution < 1.29 is 4.58 Å². The van der Waals surface area contributed by atoms with Gasteiger partial charge in [-0.1, -0.05) is 30.3 Å². The zero-order chi connectivity index (χ0) is 14.9. The lowest BCUT2D eigenvalue weighted by Gasteiger charge is -2.20. The molecule has 1 aromatic heterocycles. The maximum absolute atomic E-state index is 3.96. The molecule has 0 radical (unpaired) electrons. The van der Waals surface area contributed by atoms with Crippen LogP contribution >= 0.6 is 11.3 Å². The minimum Gasteiger partial charge on any atom is -0.198 e. The van der Waals surface area contributed by atoms with Crippen molar-refractivity contribution in [3.8, 4) is 0 Å². The predicted molar refractivity (Wildman–Crippen MR) is 92.8 cm³/mol. The highest BCUT2D eigenvalue weighted by Gasteiger charge is 2.45. The SMILES string of the molecule is C=CCC1(C)C(/C=C/c2cccs2)=[N+](C)c2ccccc21. The van der Waals surface area contributed by atoms with Gasteiger partial charge in [-0.3, -0.25) is 0 Å². The number of para-hydroxylation sites is 1. The van der Waals surface area contributed by atoms with Crippen molar-refractivity contribution in [2.45, 2.75) is 18.8 Å². The second kappa shape index (κ2) is 5.45. The van der Waals surface area contributed by atoms with Gasteiger partial charge in [0.2, 0.25) is 5.69 Å². The van der Waals surface area contributed by atoms with Crippen molar-refractivity contribution in [3.63, 3.8) is 0 Å². The predicted octanol–water partition coefficient (Wildman–Crippen LogP) is 5.02. The van der Waals surface area contributed by atoms with Gasteiger partial charge in [0, 0.05) is 22.6 Å². The Labute approximate surface area is 130 Å². The van der Waals surface area contributed by atoms with Crippen LogP contribution in [0.25, 0.3) is 6.08 Å². The lowest BCUT2D eigenvalue weighted by molar-refractivity contribution is -0.401. The second-order valence-electron chi connectivity index (χ2n) is 5.64. The summed E-state index contributed by atoms with van der Waals surface area (Å²) in [4.78, 5) is 1.29. The quantitative estimate of drug-likeness (QED) is 0.550. The highest BCUT2D eigenvalue weighted by molar-refractivity contribution is 7.10. The number of hydrogen-bond donors (Lipinski definition) is 0. The van der Waals surface area contributed by atoms with Crippen LogP contribution in [0, 0.1) is 0 Å². The van der Waals surface area contributed by atoms with Gasteiger partial charge in [-0.15, -0.1) is 17.9 Å². The number of nitrogens with zero attached hydrogens (tertiary/aromatic N) is 1. The average molecular weight is 294 g/mol. The van der Waals surface area contributed by atoms with Crippen molar-refractivity contribution in [1.82, 2.24) is 0 Å². The number of fused-ring (bicyclic) bond motifs is 1. The van der Waals surface area contributed by atoms with Gasteiger partial charge < -0.3 is 0 Å². The first-order valence-electron chi connectivity index (χ1n) is 7.20. The molecular weight excluding hydrogens is 274 g/mol. The Morgan fingerprint density at radius 1 is 1.19 bits per heavy atom. The molecule has 2 heteroatoms. The third-order valence-electron chi connectivity index (χ3n) is 4.29. The van der Waals surface area contributed by atoms with E-state index < -0.39 is 0 Å². The van der Waals surface area contributed by atoms with E-state index in [0.717, 1.165) is 6.42 Å². The van der Waals surface area contributed by atoms with Crippen LogP contribution in [0.15, 0.2) is 60.5 Å². The monoisotopic (exact) mass is 294 g/mol. The van der Waals surface area contributed by atoms with Gasteiger partial charge in [0.25, 0.3) is 0 Å². The molecule has 3 rings (SSSR count). The van der Waals surface area contributed by atoms with E-state index in [1.54, 1.807) is 11.3 Å². The molecule has 0 saturated carbocycles. The molecule has 0 N–H and O–H groups in total. The molecule has 1 atom stereocenters. The topological polar surface area (TPSA) is 3.01 Å². The number of rotatable bonds is 4. The fraction of sp³-hybridized carbons (Fsp3) is 0.211. The van der Waals surface area contributed by atoms with E-state index in [1.807, 2.05) is 6.08 Å². The average Bonchev–Trinajstić information content (AvgIpc) is 3.06. The van der Waals surface area contributed by atoms with E-state index in [0.29, 0.717) is 0 Å². The van der Waals surface area contributed by atoms with E-state index in [9.17, 15) is 0 Å². The standard InChI is InChI=1S/C19H20NS/c1-4-13-19(2)16-9-5-6-10-17(16)20(3)18(19)12-11-15-8-7-14-21-15/h4-12,14H,1,13H2,2-3H3/q+1/b12-11+. The summed E-state index contributed by atoms with van der Waals surface area (Å²) in [7, 11) is 2.15. The Morgan fingerprint density at radius 3 is 2.71 bits per heavy atom. The third kappa shape index (κ3) is 2.30. The van der Waals surface area contributed by atoms with Gasteiger partial charge in [0.05, 0.1) is 5.41 Å². The summed E-state index contributed by atoms with van der Waals surface area (Å²) >= 11 is 1.77. The number of thiophene rings is 1. The highest BCUT2D eigenvalue weighted by atomic mass is 32.1. The molecule has 1 nitrogen and oxygen atoms in total. The van der Waals surface area contributed by atoms with Crippen LogP contribution in [0.5, 0.6) is 0 Å². The zero-order valence-electron chi connectivity index (χ0n) is 12.5. The number of allylic oxidation sites excluding steroid dienone is 2. The molecule has 2 aromatic rings. The van der Waals surface area contributed by atoms with Crippen LogP contribution in [0.3, 0.4) is 0 Å². The normalized spacial score (nSPS) is 21.0. The summed E-state index contributed by atoms with van der Waals surface area (Å²) in [5.41, 5.74) is 4.02. The molecule has 1 aliphatic rings. The molecule has 1 aromatic carbocycles. The van der Waals surface area contributed by atoms with E-state index in [2.05, 4.69) is 79.1 Å². The van der Waals surface area contributed by atoms with Crippen LogP contribution in [-0.2, 0) is 5.41 Å². The van der Waals surface area contributed by atoms with Crippen LogP contribution in [-0.4, -0.2) is 17.3 Å². The first-order valence-corrected chi connectivity index (χ1v) is 8.08. The fourth-order valence-corrected chi connectivity index (χ4v) is 3.83. The van der Waals surface area contributed by atoms with Crippen LogP contribution < -0.4 is 0 Å². The maximum Gasteiger partial charge on any atom is 0.209 e. The van der Waals surface area contributed by atoms with E-state index >= 15 is 0 Å². The first-order chi connectivity index (χ1) is 10.2. The van der Waals surface area contributed by atoms with Crippen LogP contribution in [0.4, 0.5) is 5.69 Å². The van der Waals surface area contributed by atoms with Gasteiger partial charge in [0.15, 0.2) is 5.71 Å². The second-order valence-corrected chi connectivity index (χ2v) is 6.61. The first kappa shape index (κ1) is 14.0. The molecular formula is C19H20NS+. The highest BCUT2D eigenvalue weighted by Crippen LogP contribution is 2.42. The number of hydrogen-bond acceptors (Lipinski definition) is 1. The molecule has 0 bridgehead atoms. The summed E-state index contributed by atoms with van der Waals surface area (Å²) in [5, 5.41) is 2.11. The van der Waals surface area contributed by atoms with Crippen LogP contribution in [0.2, 0.25) is 0 Å². The lowest BCUT2D eigenvalue weighted by Crippen LogP contribution is -2.29. The van der Waals surface area contributed by atoms with Crippen molar-refractivity contribution in [3.05, 3.63) is 70.9 Å². The minimum absolute atomic E-state index is 0.000846. The molecule has 1 aliphatic heterocycles. The summed E-state index contributed by atoms with van der Waals surface area (Å²) < 4.78 is 2.31. The molecule has 0 aliphatic carbocycles.